The van der Waals surface area contributed by atoms with Gasteiger partial charge in [0.15, 0.2) is 0 Å². The number of H-pyrrole nitrogens is 2. The number of benzene rings is 2. The van der Waals surface area contributed by atoms with Gasteiger partial charge in [0.05, 0.1) is 48.5 Å². The number of rotatable bonds is 7. The molecule has 5 atom stereocenters. The normalized spacial score (nSPS) is 23.7. The summed E-state index contributed by atoms with van der Waals surface area (Å²) in [7, 11) is 1.30. The number of hydrogen-bond donors (Lipinski definition) is 4. The average molecular weight is 734 g/mol. The molecule has 3 amide bonds. The molecule has 2 aromatic carbocycles. The fourth-order valence-corrected chi connectivity index (χ4v) is 9.93. The summed E-state index contributed by atoms with van der Waals surface area (Å²) < 4.78 is 4.77. The van der Waals surface area contributed by atoms with E-state index in [-0.39, 0.29) is 40.8 Å². The number of carbonyl (C=O) groups excluding carboxylic acids is 2. The van der Waals surface area contributed by atoms with Crippen LogP contribution in [0.1, 0.15) is 102 Å². The molecule has 4 aromatic rings. The Kier molecular flexibility index (Phi) is 8.85. The van der Waals surface area contributed by atoms with E-state index in [0.29, 0.717) is 6.54 Å². The lowest BCUT2D eigenvalue weighted by Crippen LogP contribution is -2.56. The van der Waals surface area contributed by atoms with Crippen molar-refractivity contribution < 1.29 is 24.2 Å². The predicted molar refractivity (Wildman–Crippen MR) is 204 cm³/mol. The number of aryl methyl sites for hydroxylation is 2. The highest BCUT2D eigenvalue weighted by molar-refractivity contribution is 5.86. The first-order valence-electron chi connectivity index (χ1n) is 19.3. The maximum atomic E-state index is 13.6. The Balaban J connectivity index is 0.998. The molecule has 12 nitrogen and oxygen atoms in total. The van der Waals surface area contributed by atoms with Crippen LogP contribution < -0.4 is 5.32 Å². The van der Waals surface area contributed by atoms with Crippen LogP contribution in [-0.4, -0.2) is 78.2 Å². The third kappa shape index (κ3) is 5.85. The van der Waals surface area contributed by atoms with Gasteiger partial charge in [-0.3, -0.25) is 9.69 Å². The number of likely N-dealkylation sites (tertiary alicyclic amines) is 2. The zero-order chi connectivity index (χ0) is 38.1. The minimum Gasteiger partial charge on any atom is -0.465 e. The third-order valence-electron chi connectivity index (χ3n) is 12.8. The Labute approximate surface area is 316 Å². The second kappa shape index (κ2) is 13.3. The molecule has 1 saturated carbocycles. The molecule has 2 aliphatic heterocycles. The molecule has 0 spiro atoms. The van der Waals surface area contributed by atoms with Crippen molar-refractivity contribution in [3.8, 4) is 33.6 Å². The van der Waals surface area contributed by atoms with Crippen LogP contribution in [0.25, 0.3) is 33.6 Å². The molecule has 2 aliphatic carbocycles. The van der Waals surface area contributed by atoms with Crippen LogP contribution in [0.2, 0.25) is 0 Å². The average Bonchev–Trinajstić information content (AvgIpc) is 4.00. The molecular weight excluding hydrogens is 683 g/mol. The van der Waals surface area contributed by atoms with Crippen molar-refractivity contribution in [2.24, 2.45) is 17.3 Å². The molecular formula is C42H51N7O5. The third-order valence-corrected chi connectivity index (χ3v) is 12.8. The summed E-state index contributed by atoms with van der Waals surface area (Å²) in [6, 6.07) is 12.0. The van der Waals surface area contributed by atoms with E-state index in [2.05, 4.69) is 72.5 Å². The topological polar surface area (TPSA) is 157 Å². The predicted octanol–water partition coefficient (Wildman–Crippen LogP) is 7.90. The molecule has 2 bridgehead atoms. The van der Waals surface area contributed by atoms with Gasteiger partial charge in [-0.15, -0.1) is 0 Å². The number of piperidine rings is 1. The van der Waals surface area contributed by atoms with Crippen LogP contribution in [0.5, 0.6) is 0 Å². The maximum Gasteiger partial charge on any atom is 0.408 e. The summed E-state index contributed by atoms with van der Waals surface area (Å²) in [5.41, 5.74) is 8.35. The number of amides is 3. The van der Waals surface area contributed by atoms with Crippen molar-refractivity contribution in [2.75, 3.05) is 13.7 Å². The Bertz CT molecular complexity index is 2110. The van der Waals surface area contributed by atoms with Crippen LogP contribution in [0.4, 0.5) is 9.59 Å². The fourth-order valence-electron chi connectivity index (χ4n) is 9.93. The van der Waals surface area contributed by atoms with Crippen LogP contribution in [0, 0.1) is 17.3 Å². The smallest absolute Gasteiger partial charge is 0.408 e. The molecule has 4 N–H and O–H groups in total. The molecule has 12 heteroatoms. The van der Waals surface area contributed by atoms with Crippen LogP contribution >= 0.6 is 0 Å². The summed E-state index contributed by atoms with van der Waals surface area (Å²) in [6.45, 7) is 10.9. The van der Waals surface area contributed by atoms with E-state index >= 15 is 0 Å². The first-order valence-corrected chi connectivity index (χ1v) is 19.3. The molecule has 4 aliphatic rings. The zero-order valence-corrected chi connectivity index (χ0v) is 32.0. The molecule has 0 unspecified atom stereocenters. The maximum absolute atomic E-state index is 13.6. The number of nitrogens with zero attached hydrogens (tertiary/aromatic N) is 4. The van der Waals surface area contributed by atoms with Crippen molar-refractivity contribution in [3.05, 3.63) is 71.6 Å². The summed E-state index contributed by atoms with van der Waals surface area (Å²) >= 11 is 0. The molecule has 2 aromatic heterocycles. The highest BCUT2D eigenvalue weighted by Gasteiger charge is 2.64. The van der Waals surface area contributed by atoms with Crippen molar-refractivity contribution in [2.45, 2.75) is 103 Å². The SMILES string of the molecule is COC(=O)N[C@H](C(=O)N1CCC[C@H]1c1ncc(-c2ccc3c(c2)CCc2cc(-c4cnc([C@@H]5[C@H]6CC[C@](C(C)(C)C)(C6)N5C(=O)O)[nH]4)ccc2-3)[nH]1)C(C)C. The van der Waals surface area contributed by atoms with Crippen LogP contribution in [-0.2, 0) is 22.4 Å². The lowest BCUT2D eigenvalue weighted by molar-refractivity contribution is -0.135. The van der Waals surface area contributed by atoms with Crippen molar-refractivity contribution >= 4 is 18.1 Å². The highest BCUT2D eigenvalue weighted by atomic mass is 16.5. The van der Waals surface area contributed by atoms with Gasteiger partial charge in [0.25, 0.3) is 0 Å². The summed E-state index contributed by atoms with van der Waals surface area (Å²) in [4.78, 5) is 58.4. The molecule has 2 saturated heterocycles. The minimum absolute atomic E-state index is 0.0965. The highest BCUT2D eigenvalue weighted by Crippen LogP contribution is 2.62. The number of hydrogen-bond acceptors (Lipinski definition) is 6. The lowest BCUT2D eigenvalue weighted by Gasteiger charge is -2.48. The Hall–Kier alpha value is -5.13. The Morgan fingerprint density at radius 2 is 1.56 bits per heavy atom. The van der Waals surface area contributed by atoms with E-state index in [9.17, 15) is 19.5 Å². The van der Waals surface area contributed by atoms with Gasteiger partial charge in [0.2, 0.25) is 5.91 Å². The lowest BCUT2D eigenvalue weighted by atomic mass is 9.72. The second-order valence-corrected chi connectivity index (χ2v) is 17.0. The van der Waals surface area contributed by atoms with E-state index in [4.69, 9.17) is 14.7 Å². The number of carboxylic acid groups (broad SMARTS) is 1. The molecule has 4 heterocycles. The van der Waals surface area contributed by atoms with E-state index < -0.39 is 18.2 Å². The number of methoxy groups -OCH3 is 1. The Morgan fingerprint density at radius 3 is 2.13 bits per heavy atom. The van der Waals surface area contributed by atoms with E-state index in [1.807, 2.05) is 31.1 Å². The summed E-state index contributed by atoms with van der Waals surface area (Å²) in [5.74, 6) is 1.53. The van der Waals surface area contributed by atoms with Crippen LogP contribution in [0.3, 0.4) is 0 Å². The zero-order valence-electron chi connectivity index (χ0n) is 32.0. The van der Waals surface area contributed by atoms with Gasteiger partial charge in [-0.25, -0.2) is 19.6 Å². The first kappa shape index (κ1) is 35.9. The van der Waals surface area contributed by atoms with Crippen molar-refractivity contribution in [3.63, 3.8) is 0 Å². The van der Waals surface area contributed by atoms with Crippen molar-refractivity contribution in [1.29, 1.82) is 0 Å². The number of nitrogens with one attached hydrogen (secondary N) is 3. The number of fused-ring (bicyclic) bond motifs is 5. The summed E-state index contributed by atoms with van der Waals surface area (Å²) in [6.07, 6.45) is 8.47. The van der Waals surface area contributed by atoms with Gasteiger partial charge >= 0.3 is 12.2 Å². The van der Waals surface area contributed by atoms with E-state index in [0.717, 1.165) is 79.1 Å². The Morgan fingerprint density at radius 1 is 0.944 bits per heavy atom. The monoisotopic (exact) mass is 733 g/mol. The van der Waals surface area contributed by atoms with Crippen molar-refractivity contribution in [1.82, 2.24) is 35.1 Å². The van der Waals surface area contributed by atoms with Gasteiger partial charge in [-0.1, -0.05) is 58.9 Å². The summed E-state index contributed by atoms with van der Waals surface area (Å²) in [5, 5.41) is 13.1. The quantitative estimate of drug-likeness (QED) is 0.150. The first-order chi connectivity index (χ1) is 25.8. The van der Waals surface area contributed by atoms with Gasteiger partial charge in [0.1, 0.15) is 17.7 Å². The number of aromatic nitrogens is 4. The number of ether oxygens (including phenoxy) is 1. The van der Waals surface area contributed by atoms with E-state index in [1.54, 1.807) is 4.90 Å². The van der Waals surface area contributed by atoms with Gasteiger partial charge < -0.3 is 30.0 Å². The molecule has 0 radical (unpaired) electrons. The minimum atomic E-state index is -0.864. The molecule has 54 heavy (non-hydrogen) atoms. The molecule has 284 valence electrons. The van der Waals surface area contributed by atoms with Gasteiger partial charge in [0, 0.05) is 6.54 Å². The van der Waals surface area contributed by atoms with Gasteiger partial charge in [-0.05, 0) is 108 Å². The standard InChI is InChI=1S/C42H51N7O5/c1-23(2)34(47-39(51)54-6)38(50)48-17-7-8-33(48)36-43-21-31(45-36)26-11-13-29-24(18-26)9-10-25-19-27(12-14-30(25)29)32-22-44-37(46-32)35-28-15-16-42(20-28,41(3,4)5)49(35)40(52)53/h11-14,18-19,21-23,28,33-35H,7-10,15-17,20H2,1-6H3,(H,43,45)(H,44,46)(H,47,51)(H,52,53)/t28-,33-,34-,35-,42+/m0/s1. The fraction of sp³-hybridized carbons (Fsp3) is 0.500. The van der Waals surface area contributed by atoms with Crippen LogP contribution in [0.15, 0.2) is 48.8 Å². The molecule has 8 rings (SSSR count). The van der Waals surface area contributed by atoms with Gasteiger partial charge in [-0.2, -0.15) is 0 Å². The second-order valence-electron chi connectivity index (χ2n) is 17.0. The number of imidazole rings is 2. The molecule has 3 fully saturated rings. The largest absolute Gasteiger partial charge is 0.465 e. The number of aromatic amines is 2. The number of alkyl carbamates (subject to hydrolysis) is 1. The number of carbonyl (C=O) groups is 3. The van der Waals surface area contributed by atoms with E-state index in [1.165, 1.54) is 29.4 Å².